The van der Waals surface area contributed by atoms with Crippen molar-refractivity contribution in [1.82, 2.24) is 24.4 Å². The summed E-state index contributed by atoms with van der Waals surface area (Å²) >= 11 is 0. The van der Waals surface area contributed by atoms with Crippen LogP contribution in [0.1, 0.15) is 47.7 Å². The summed E-state index contributed by atoms with van der Waals surface area (Å²) in [6, 6.07) is 2.06. The first-order valence-corrected chi connectivity index (χ1v) is 8.90. The Morgan fingerprint density at radius 2 is 2.17 bits per heavy atom. The average molecular weight is 327 g/mol. The van der Waals surface area contributed by atoms with E-state index in [1.54, 1.807) is 25.2 Å². The van der Waals surface area contributed by atoms with Gasteiger partial charge in [0.1, 0.15) is 5.56 Å². The van der Waals surface area contributed by atoms with Crippen LogP contribution in [0, 0.1) is 5.92 Å². The molecule has 1 aliphatic carbocycles. The molecule has 1 saturated carbocycles. The Balaban J connectivity index is 1.62. The van der Waals surface area contributed by atoms with E-state index in [1.807, 2.05) is 10.7 Å². The van der Waals surface area contributed by atoms with Gasteiger partial charge in [0.15, 0.2) is 5.65 Å². The Morgan fingerprint density at radius 3 is 2.92 bits per heavy atom. The molecule has 1 aliphatic heterocycles. The number of amides is 1. The van der Waals surface area contributed by atoms with Crippen LogP contribution >= 0.6 is 0 Å². The number of likely N-dealkylation sites (tertiary alicyclic amines) is 1. The lowest BCUT2D eigenvalue weighted by molar-refractivity contribution is 0.0829. The van der Waals surface area contributed by atoms with Crippen LogP contribution in [0.5, 0.6) is 0 Å². The van der Waals surface area contributed by atoms with E-state index >= 15 is 0 Å². The fourth-order valence-electron chi connectivity index (χ4n) is 3.74. The molecule has 0 unspecified atom stereocenters. The van der Waals surface area contributed by atoms with Gasteiger partial charge in [-0.3, -0.25) is 4.79 Å². The van der Waals surface area contributed by atoms with Crippen molar-refractivity contribution in [1.29, 1.82) is 0 Å². The van der Waals surface area contributed by atoms with Gasteiger partial charge in [0.2, 0.25) is 0 Å². The zero-order valence-electron chi connectivity index (χ0n) is 14.5. The molecule has 1 atom stereocenters. The van der Waals surface area contributed by atoms with Gasteiger partial charge in [0, 0.05) is 39.3 Å². The molecule has 2 aromatic rings. The molecular formula is C18H25N5O. The molecule has 0 bridgehead atoms. The van der Waals surface area contributed by atoms with Crippen LogP contribution in [0.4, 0.5) is 0 Å². The molecule has 3 heterocycles. The SMILES string of the molecule is CN(C)C(=O)c1cnn2c([C@@H]3CCCN(CC4CC4)C3)ccnc12. The lowest BCUT2D eigenvalue weighted by Crippen LogP contribution is -2.36. The summed E-state index contributed by atoms with van der Waals surface area (Å²) in [7, 11) is 3.51. The first-order chi connectivity index (χ1) is 11.6. The molecule has 24 heavy (non-hydrogen) atoms. The van der Waals surface area contributed by atoms with Gasteiger partial charge in [-0.05, 0) is 44.2 Å². The third-order valence-corrected chi connectivity index (χ3v) is 5.20. The summed E-state index contributed by atoms with van der Waals surface area (Å²) in [4.78, 5) is 20.9. The van der Waals surface area contributed by atoms with Gasteiger partial charge in [-0.25, -0.2) is 9.50 Å². The molecule has 2 aliphatic rings. The second kappa shape index (κ2) is 6.16. The quantitative estimate of drug-likeness (QED) is 0.862. The number of fused-ring (bicyclic) bond motifs is 1. The highest BCUT2D eigenvalue weighted by atomic mass is 16.2. The minimum atomic E-state index is -0.0475. The van der Waals surface area contributed by atoms with Gasteiger partial charge in [-0.15, -0.1) is 0 Å². The van der Waals surface area contributed by atoms with Crippen molar-refractivity contribution in [2.75, 3.05) is 33.7 Å². The Kier molecular flexibility index (Phi) is 4.00. The van der Waals surface area contributed by atoms with Gasteiger partial charge in [-0.1, -0.05) is 0 Å². The smallest absolute Gasteiger partial charge is 0.258 e. The predicted octanol–water partition coefficient (Wildman–Crippen LogP) is 2.02. The standard InChI is InChI=1S/C18H25N5O/c1-21(2)18(24)15-10-20-23-16(7-8-19-17(15)23)14-4-3-9-22(12-14)11-13-5-6-13/h7-8,10,13-14H,3-6,9,11-12H2,1-2H3/t14-/m1/s1. The Bertz CT molecular complexity index is 749. The highest BCUT2D eigenvalue weighted by molar-refractivity contribution is 5.99. The molecule has 4 rings (SSSR count). The molecular weight excluding hydrogens is 302 g/mol. The van der Waals surface area contributed by atoms with Crippen molar-refractivity contribution in [3.05, 3.63) is 29.7 Å². The van der Waals surface area contributed by atoms with E-state index in [2.05, 4.69) is 21.0 Å². The van der Waals surface area contributed by atoms with Crippen LogP contribution < -0.4 is 0 Å². The third-order valence-electron chi connectivity index (χ3n) is 5.20. The third kappa shape index (κ3) is 2.90. The Labute approximate surface area is 142 Å². The molecule has 6 heteroatoms. The monoisotopic (exact) mass is 327 g/mol. The van der Waals surface area contributed by atoms with Crippen LogP contribution in [-0.2, 0) is 0 Å². The van der Waals surface area contributed by atoms with E-state index in [0.717, 1.165) is 12.5 Å². The molecule has 1 saturated heterocycles. The zero-order chi connectivity index (χ0) is 16.7. The maximum Gasteiger partial charge on any atom is 0.258 e. The van der Waals surface area contributed by atoms with E-state index in [0.29, 0.717) is 17.1 Å². The highest BCUT2D eigenvalue weighted by Gasteiger charge is 2.29. The molecule has 6 nitrogen and oxygen atoms in total. The fourth-order valence-corrected chi connectivity index (χ4v) is 3.74. The largest absolute Gasteiger partial charge is 0.345 e. The summed E-state index contributed by atoms with van der Waals surface area (Å²) in [5.41, 5.74) is 2.43. The number of hydrogen-bond donors (Lipinski definition) is 0. The summed E-state index contributed by atoms with van der Waals surface area (Å²) in [5.74, 6) is 1.34. The topological polar surface area (TPSA) is 53.7 Å². The molecule has 2 aromatic heterocycles. The number of carbonyl (C=O) groups excluding carboxylic acids is 1. The van der Waals surface area contributed by atoms with Crippen molar-refractivity contribution >= 4 is 11.6 Å². The van der Waals surface area contributed by atoms with E-state index in [9.17, 15) is 4.79 Å². The maximum atomic E-state index is 12.3. The van der Waals surface area contributed by atoms with Crippen LogP contribution in [0.2, 0.25) is 0 Å². The van der Waals surface area contributed by atoms with Crippen molar-refractivity contribution in [3.63, 3.8) is 0 Å². The Morgan fingerprint density at radius 1 is 1.33 bits per heavy atom. The van der Waals surface area contributed by atoms with Crippen LogP contribution in [0.25, 0.3) is 5.65 Å². The molecule has 0 aromatic carbocycles. The highest BCUT2D eigenvalue weighted by Crippen LogP contribution is 2.33. The minimum Gasteiger partial charge on any atom is -0.345 e. The van der Waals surface area contributed by atoms with E-state index in [1.165, 1.54) is 44.5 Å². The van der Waals surface area contributed by atoms with Crippen molar-refractivity contribution in [3.8, 4) is 0 Å². The Hall–Kier alpha value is -1.95. The van der Waals surface area contributed by atoms with Crippen LogP contribution in [-0.4, -0.2) is 64.0 Å². The summed E-state index contributed by atoms with van der Waals surface area (Å²) in [5, 5.41) is 4.48. The lowest BCUT2D eigenvalue weighted by atomic mass is 9.94. The van der Waals surface area contributed by atoms with Crippen molar-refractivity contribution in [2.45, 2.75) is 31.6 Å². The van der Waals surface area contributed by atoms with Gasteiger partial charge in [0.05, 0.1) is 11.9 Å². The van der Waals surface area contributed by atoms with Gasteiger partial charge >= 0.3 is 0 Å². The van der Waals surface area contributed by atoms with Crippen molar-refractivity contribution < 1.29 is 4.79 Å². The van der Waals surface area contributed by atoms with E-state index in [4.69, 9.17) is 0 Å². The van der Waals surface area contributed by atoms with Gasteiger partial charge < -0.3 is 9.80 Å². The fraction of sp³-hybridized carbons (Fsp3) is 0.611. The van der Waals surface area contributed by atoms with Gasteiger partial charge in [0.25, 0.3) is 5.91 Å². The number of hydrogen-bond acceptors (Lipinski definition) is 4. The van der Waals surface area contributed by atoms with E-state index < -0.39 is 0 Å². The van der Waals surface area contributed by atoms with Crippen LogP contribution in [0.15, 0.2) is 18.5 Å². The number of carbonyl (C=O) groups is 1. The van der Waals surface area contributed by atoms with Crippen molar-refractivity contribution in [2.24, 2.45) is 5.92 Å². The molecule has 0 N–H and O–H groups in total. The first kappa shape index (κ1) is 15.6. The molecule has 2 fully saturated rings. The predicted molar refractivity (Wildman–Crippen MR) is 92.1 cm³/mol. The van der Waals surface area contributed by atoms with Crippen LogP contribution in [0.3, 0.4) is 0 Å². The number of nitrogens with zero attached hydrogens (tertiary/aromatic N) is 5. The second-order valence-electron chi connectivity index (χ2n) is 7.41. The minimum absolute atomic E-state index is 0.0475. The summed E-state index contributed by atoms with van der Waals surface area (Å²) < 4.78 is 1.88. The second-order valence-corrected chi connectivity index (χ2v) is 7.41. The average Bonchev–Trinajstić information content (AvgIpc) is 3.29. The maximum absolute atomic E-state index is 12.3. The lowest BCUT2D eigenvalue weighted by Gasteiger charge is -2.33. The molecule has 0 spiro atoms. The zero-order valence-corrected chi connectivity index (χ0v) is 14.5. The first-order valence-electron chi connectivity index (χ1n) is 8.90. The van der Waals surface area contributed by atoms with Gasteiger partial charge in [-0.2, -0.15) is 5.10 Å². The molecule has 128 valence electrons. The summed E-state index contributed by atoms with van der Waals surface area (Å²) in [6.07, 6.45) is 8.67. The normalized spacial score (nSPS) is 22.0. The molecule has 1 amide bonds. The number of rotatable bonds is 4. The number of aromatic nitrogens is 3. The molecule has 0 radical (unpaired) electrons. The summed E-state index contributed by atoms with van der Waals surface area (Å²) in [6.45, 7) is 3.55. The number of piperidine rings is 1. The van der Waals surface area contributed by atoms with E-state index in [-0.39, 0.29) is 5.91 Å².